The highest BCUT2D eigenvalue weighted by molar-refractivity contribution is 5.89. The van der Waals surface area contributed by atoms with Gasteiger partial charge in [-0.2, -0.15) is 8.78 Å². The van der Waals surface area contributed by atoms with E-state index in [9.17, 15) is 18.4 Å². The van der Waals surface area contributed by atoms with E-state index in [0.717, 1.165) is 0 Å². The van der Waals surface area contributed by atoms with Crippen molar-refractivity contribution in [3.63, 3.8) is 0 Å². The summed E-state index contributed by atoms with van der Waals surface area (Å²) in [4.78, 5) is 24.4. The number of carbonyl (C=O) groups excluding carboxylic acids is 2. The van der Waals surface area contributed by atoms with Crippen molar-refractivity contribution in [2.24, 2.45) is 0 Å². The maximum atomic E-state index is 11.9. The van der Waals surface area contributed by atoms with Crippen LogP contribution in [0, 0.1) is 0 Å². The SMILES string of the molecule is O=C1CCC[C@H](C(=O)N2CC(OC(F)F)C2)N1. The number of nitrogens with zero attached hydrogens (tertiary/aromatic N) is 1. The Labute approximate surface area is 97.1 Å². The van der Waals surface area contributed by atoms with E-state index in [1.165, 1.54) is 4.90 Å². The van der Waals surface area contributed by atoms with Gasteiger partial charge in [0.2, 0.25) is 11.8 Å². The number of likely N-dealkylation sites (tertiary alicyclic amines) is 1. The van der Waals surface area contributed by atoms with Gasteiger partial charge in [-0.25, -0.2) is 0 Å². The number of hydrogen-bond donors (Lipinski definition) is 1. The number of hydrogen-bond acceptors (Lipinski definition) is 3. The summed E-state index contributed by atoms with van der Waals surface area (Å²) in [6.07, 6.45) is 1.16. The molecule has 2 fully saturated rings. The molecule has 0 radical (unpaired) electrons. The van der Waals surface area contributed by atoms with Crippen molar-refractivity contribution in [3.8, 4) is 0 Å². The summed E-state index contributed by atoms with van der Waals surface area (Å²) in [5, 5.41) is 2.60. The van der Waals surface area contributed by atoms with Crippen molar-refractivity contribution in [1.82, 2.24) is 10.2 Å². The standard InChI is InChI=1S/C10H14F2N2O3/c11-10(12)17-6-4-14(5-6)9(16)7-2-1-3-8(15)13-7/h6-7,10H,1-5H2,(H,13,15)/t7-/m1/s1. The molecule has 1 N–H and O–H groups in total. The molecule has 0 spiro atoms. The highest BCUT2D eigenvalue weighted by Gasteiger charge is 2.37. The summed E-state index contributed by atoms with van der Waals surface area (Å²) in [5.74, 6) is -0.331. The quantitative estimate of drug-likeness (QED) is 0.771. The number of alkyl halides is 2. The lowest BCUT2D eigenvalue weighted by atomic mass is 10.0. The molecule has 2 amide bonds. The number of amides is 2. The van der Waals surface area contributed by atoms with Crippen molar-refractivity contribution in [2.45, 2.75) is 38.0 Å². The van der Waals surface area contributed by atoms with E-state index in [2.05, 4.69) is 10.1 Å². The fourth-order valence-electron chi connectivity index (χ4n) is 2.06. The molecule has 0 aromatic carbocycles. The molecule has 0 unspecified atom stereocenters. The van der Waals surface area contributed by atoms with Crippen molar-refractivity contribution >= 4 is 11.8 Å². The molecule has 7 heteroatoms. The lowest BCUT2D eigenvalue weighted by Gasteiger charge is -2.40. The largest absolute Gasteiger partial charge is 0.345 e. The highest BCUT2D eigenvalue weighted by atomic mass is 19.3. The first-order valence-corrected chi connectivity index (χ1v) is 5.58. The second-order valence-corrected chi connectivity index (χ2v) is 4.27. The molecule has 0 aliphatic carbocycles. The summed E-state index contributed by atoms with van der Waals surface area (Å²) in [6.45, 7) is -2.45. The van der Waals surface area contributed by atoms with Gasteiger partial charge in [0.25, 0.3) is 0 Å². The predicted octanol–water partition coefficient (Wildman–Crippen LogP) is 0.105. The van der Waals surface area contributed by atoms with E-state index in [1.54, 1.807) is 0 Å². The first-order valence-electron chi connectivity index (χ1n) is 5.58. The molecule has 5 nitrogen and oxygen atoms in total. The number of nitrogens with one attached hydrogen (secondary N) is 1. The third kappa shape index (κ3) is 2.91. The average Bonchev–Trinajstić information content (AvgIpc) is 2.21. The van der Waals surface area contributed by atoms with E-state index < -0.39 is 18.8 Å². The zero-order chi connectivity index (χ0) is 12.4. The minimum atomic E-state index is -2.80. The third-order valence-electron chi connectivity index (χ3n) is 2.98. The minimum Gasteiger partial charge on any atom is -0.344 e. The zero-order valence-corrected chi connectivity index (χ0v) is 9.20. The fraction of sp³-hybridized carbons (Fsp3) is 0.800. The van der Waals surface area contributed by atoms with Crippen LogP contribution < -0.4 is 5.32 Å². The van der Waals surface area contributed by atoms with Crippen LogP contribution in [0.15, 0.2) is 0 Å². The number of halogens is 2. The van der Waals surface area contributed by atoms with Gasteiger partial charge in [-0.05, 0) is 12.8 Å². The van der Waals surface area contributed by atoms with Crippen LogP contribution in [-0.4, -0.2) is 48.6 Å². The minimum absolute atomic E-state index is 0.129. The van der Waals surface area contributed by atoms with Crippen molar-refractivity contribution in [3.05, 3.63) is 0 Å². The van der Waals surface area contributed by atoms with Gasteiger partial charge < -0.3 is 15.0 Å². The summed E-state index contributed by atoms with van der Waals surface area (Å²) < 4.78 is 28.0. The molecule has 0 aromatic heterocycles. The predicted molar refractivity (Wildman–Crippen MR) is 53.2 cm³/mol. The van der Waals surface area contributed by atoms with Gasteiger partial charge in [0.05, 0.1) is 6.10 Å². The van der Waals surface area contributed by atoms with Crippen molar-refractivity contribution in [2.75, 3.05) is 13.1 Å². The summed E-state index contributed by atoms with van der Waals surface area (Å²) >= 11 is 0. The zero-order valence-electron chi connectivity index (χ0n) is 9.20. The van der Waals surface area contributed by atoms with E-state index in [4.69, 9.17) is 0 Å². The van der Waals surface area contributed by atoms with Crippen LogP contribution in [0.5, 0.6) is 0 Å². The van der Waals surface area contributed by atoms with Gasteiger partial charge in [0.15, 0.2) is 0 Å². The Morgan fingerprint density at radius 1 is 1.47 bits per heavy atom. The monoisotopic (exact) mass is 248 g/mol. The fourth-order valence-corrected chi connectivity index (χ4v) is 2.06. The second kappa shape index (κ2) is 4.95. The Kier molecular flexibility index (Phi) is 3.56. The number of ether oxygens (including phenoxy) is 1. The van der Waals surface area contributed by atoms with Crippen molar-refractivity contribution < 1.29 is 23.1 Å². The Morgan fingerprint density at radius 3 is 2.76 bits per heavy atom. The third-order valence-corrected chi connectivity index (χ3v) is 2.98. The molecule has 1 atom stereocenters. The molecular formula is C10H14F2N2O3. The number of piperidine rings is 1. The number of carbonyl (C=O) groups is 2. The van der Waals surface area contributed by atoms with Crippen LogP contribution in [0.1, 0.15) is 19.3 Å². The maximum Gasteiger partial charge on any atom is 0.345 e. The molecule has 2 aliphatic rings. The van der Waals surface area contributed by atoms with Crippen LogP contribution in [0.3, 0.4) is 0 Å². The Morgan fingerprint density at radius 2 is 2.18 bits per heavy atom. The van der Waals surface area contributed by atoms with Crippen molar-refractivity contribution in [1.29, 1.82) is 0 Å². The van der Waals surface area contributed by atoms with Gasteiger partial charge in [-0.1, -0.05) is 0 Å². The van der Waals surface area contributed by atoms with Gasteiger partial charge in [-0.15, -0.1) is 0 Å². The van der Waals surface area contributed by atoms with Crippen LogP contribution in [-0.2, 0) is 14.3 Å². The smallest absolute Gasteiger partial charge is 0.344 e. The van der Waals surface area contributed by atoms with Gasteiger partial charge in [0.1, 0.15) is 6.04 Å². The summed E-state index contributed by atoms with van der Waals surface area (Å²) in [5.41, 5.74) is 0. The van der Waals surface area contributed by atoms with Crippen LogP contribution in [0.4, 0.5) is 8.78 Å². The van der Waals surface area contributed by atoms with Gasteiger partial charge >= 0.3 is 6.61 Å². The van der Waals surface area contributed by atoms with Crippen LogP contribution in [0.2, 0.25) is 0 Å². The average molecular weight is 248 g/mol. The normalized spacial score (nSPS) is 25.7. The Hall–Kier alpha value is -1.24. The Balaban J connectivity index is 1.76. The lowest BCUT2D eigenvalue weighted by Crippen LogP contribution is -2.60. The summed E-state index contributed by atoms with van der Waals surface area (Å²) in [7, 11) is 0. The summed E-state index contributed by atoms with van der Waals surface area (Å²) in [6, 6.07) is -0.497. The molecule has 0 saturated carbocycles. The molecule has 96 valence electrons. The first-order chi connectivity index (χ1) is 8.06. The molecule has 0 aromatic rings. The molecule has 0 bridgehead atoms. The first kappa shape index (κ1) is 12.2. The number of rotatable bonds is 3. The van der Waals surface area contributed by atoms with E-state index >= 15 is 0 Å². The van der Waals surface area contributed by atoms with E-state index in [-0.39, 0.29) is 24.9 Å². The highest BCUT2D eigenvalue weighted by Crippen LogP contribution is 2.18. The molecule has 2 rings (SSSR count). The van der Waals surface area contributed by atoms with Gasteiger partial charge in [-0.3, -0.25) is 9.59 Å². The molecule has 2 heterocycles. The van der Waals surface area contributed by atoms with Crippen LogP contribution in [0.25, 0.3) is 0 Å². The molecular weight excluding hydrogens is 234 g/mol. The van der Waals surface area contributed by atoms with Gasteiger partial charge in [0, 0.05) is 19.5 Å². The van der Waals surface area contributed by atoms with E-state index in [0.29, 0.717) is 19.3 Å². The molecule has 17 heavy (non-hydrogen) atoms. The molecule has 2 saturated heterocycles. The van der Waals surface area contributed by atoms with Crippen LogP contribution >= 0.6 is 0 Å². The lowest BCUT2D eigenvalue weighted by molar-refractivity contribution is -0.199. The Bertz CT molecular complexity index is 319. The second-order valence-electron chi connectivity index (χ2n) is 4.27. The topological polar surface area (TPSA) is 58.6 Å². The van der Waals surface area contributed by atoms with E-state index in [1.807, 2.05) is 0 Å². The maximum absolute atomic E-state index is 11.9. The molecule has 2 aliphatic heterocycles.